The number of methoxy groups -OCH3 is 1. The summed E-state index contributed by atoms with van der Waals surface area (Å²) in [7, 11) is 3.54. The number of carbonyl (C=O) groups is 1. The van der Waals surface area contributed by atoms with Gasteiger partial charge in [0.1, 0.15) is 6.61 Å². The summed E-state index contributed by atoms with van der Waals surface area (Å²) < 4.78 is 11.6. The summed E-state index contributed by atoms with van der Waals surface area (Å²) in [4.78, 5) is 14.7. The van der Waals surface area contributed by atoms with E-state index in [4.69, 9.17) is 21.7 Å². The molecule has 0 bridgehead atoms. The minimum Gasteiger partial charge on any atom is -0.493 e. The van der Waals surface area contributed by atoms with Gasteiger partial charge in [-0.25, -0.2) is 0 Å². The van der Waals surface area contributed by atoms with Crippen molar-refractivity contribution in [2.75, 3.05) is 14.2 Å². The van der Waals surface area contributed by atoms with Crippen LogP contribution in [0.3, 0.4) is 0 Å². The molecule has 1 atom stereocenters. The van der Waals surface area contributed by atoms with Crippen LogP contribution in [-0.4, -0.2) is 30.0 Å². The number of ketones is 1. The zero-order valence-corrected chi connectivity index (χ0v) is 18.3. The molecule has 0 fully saturated rings. The lowest BCUT2D eigenvalue weighted by molar-refractivity contribution is -0.116. The zero-order chi connectivity index (χ0) is 21.3. The van der Waals surface area contributed by atoms with Crippen molar-refractivity contribution in [2.45, 2.75) is 38.8 Å². The fraction of sp³-hybridized carbons (Fsp3) is 0.333. The molecule has 6 heteroatoms. The van der Waals surface area contributed by atoms with Crippen molar-refractivity contribution in [2.24, 2.45) is 0 Å². The van der Waals surface area contributed by atoms with E-state index in [1.807, 2.05) is 30.1 Å². The van der Waals surface area contributed by atoms with Crippen molar-refractivity contribution in [3.05, 3.63) is 70.4 Å². The largest absolute Gasteiger partial charge is 0.493 e. The van der Waals surface area contributed by atoms with Gasteiger partial charge >= 0.3 is 0 Å². The van der Waals surface area contributed by atoms with E-state index in [0.29, 0.717) is 29.6 Å². The summed E-state index contributed by atoms with van der Waals surface area (Å²) in [5.41, 5.74) is 5.09. The van der Waals surface area contributed by atoms with Crippen LogP contribution in [-0.2, 0) is 11.4 Å². The van der Waals surface area contributed by atoms with Gasteiger partial charge in [0.05, 0.1) is 13.2 Å². The van der Waals surface area contributed by atoms with Crippen LogP contribution in [0, 0.1) is 6.92 Å². The maximum atomic E-state index is 12.7. The summed E-state index contributed by atoms with van der Waals surface area (Å²) >= 11 is 5.52. The van der Waals surface area contributed by atoms with Crippen molar-refractivity contribution in [1.29, 1.82) is 0 Å². The molecular weight excluding hydrogens is 396 g/mol. The number of ether oxygens (including phenoxy) is 2. The molecule has 1 heterocycles. The van der Waals surface area contributed by atoms with Crippen LogP contribution in [0.25, 0.3) is 0 Å². The lowest BCUT2D eigenvalue weighted by atomic mass is 9.85. The van der Waals surface area contributed by atoms with Crippen LogP contribution < -0.4 is 14.8 Å². The number of allylic oxidation sites excluding steroid dienone is 1. The third-order valence-electron chi connectivity index (χ3n) is 5.73. The topological polar surface area (TPSA) is 50.8 Å². The highest BCUT2D eigenvalue weighted by Crippen LogP contribution is 2.39. The number of nitrogens with zero attached hydrogens (tertiary/aromatic N) is 1. The van der Waals surface area contributed by atoms with E-state index in [0.717, 1.165) is 35.2 Å². The highest BCUT2D eigenvalue weighted by molar-refractivity contribution is 7.80. The summed E-state index contributed by atoms with van der Waals surface area (Å²) in [6, 6.07) is 13.8. The Bertz CT molecular complexity index is 1010. The monoisotopic (exact) mass is 422 g/mol. The number of thiocarbonyl (C=S) groups is 1. The number of benzene rings is 2. The van der Waals surface area contributed by atoms with Gasteiger partial charge in [-0.1, -0.05) is 35.9 Å². The second-order valence-electron chi connectivity index (χ2n) is 7.76. The van der Waals surface area contributed by atoms with Crippen molar-refractivity contribution in [3.8, 4) is 11.5 Å². The third-order valence-corrected chi connectivity index (χ3v) is 6.12. The standard InChI is InChI=1S/C24H26N2O3S/c1-15-7-9-16(10-8-15)14-29-20-12-11-17(13-21(20)28-3)23-22-18(5-4-6-19(22)27)26(2)24(30)25-23/h7-13,23H,4-6,14H2,1-3H3,(H,25,30). The molecule has 0 spiro atoms. The number of hydrogen-bond donors (Lipinski definition) is 1. The smallest absolute Gasteiger partial charge is 0.173 e. The summed E-state index contributed by atoms with van der Waals surface area (Å²) in [6.45, 7) is 2.52. The first-order valence-corrected chi connectivity index (χ1v) is 10.6. The lowest BCUT2D eigenvalue weighted by Gasteiger charge is -2.39. The first-order valence-electron chi connectivity index (χ1n) is 10.1. The van der Waals surface area contributed by atoms with Gasteiger partial charge in [0, 0.05) is 24.7 Å². The van der Waals surface area contributed by atoms with Gasteiger partial charge in [0.15, 0.2) is 22.4 Å². The molecule has 1 aliphatic heterocycles. The van der Waals surface area contributed by atoms with Gasteiger partial charge in [0.2, 0.25) is 0 Å². The van der Waals surface area contributed by atoms with Gasteiger partial charge in [-0.2, -0.15) is 0 Å². The van der Waals surface area contributed by atoms with E-state index in [2.05, 4.69) is 36.5 Å². The Balaban J connectivity index is 1.61. The van der Waals surface area contributed by atoms with Crippen LogP contribution in [0.2, 0.25) is 0 Å². The molecule has 5 nitrogen and oxygen atoms in total. The minimum absolute atomic E-state index is 0.182. The Morgan fingerprint density at radius 2 is 1.90 bits per heavy atom. The van der Waals surface area contributed by atoms with Crippen molar-refractivity contribution in [3.63, 3.8) is 0 Å². The predicted molar refractivity (Wildman–Crippen MR) is 121 cm³/mol. The quantitative estimate of drug-likeness (QED) is 0.719. The number of hydrogen-bond acceptors (Lipinski definition) is 4. The molecule has 0 saturated heterocycles. The molecule has 1 aliphatic carbocycles. The van der Waals surface area contributed by atoms with Crippen LogP contribution in [0.15, 0.2) is 53.7 Å². The second-order valence-corrected chi connectivity index (χ2v) is 8.15. The zero-order valence-electron chi connectivity index (χ0n) is 17.5. The van der Waals surface area contributed by atoms with Crippen LogP contribution in [0.1, 0.15) is 42.0 Å². The number of aryl methyl sites for hydroxylation is 1. The minimum atomic E-state index is -0.267. The normalized spacial score (nSPS) is 18.8. The highest BCUT2D eigenvalue weighted by atomic mass is 32.1. The highest BCUT2D eigenvalue weighted by Gasteiger charge is 2.36. The van der Waals surface area contributed by atoms with Gasteiger partial charge in [-0.15, -0.1) is 0 Å². The average molecular weight is 423 g/mol. The van der Waals surface area contributed by atoms with E-state index >= 15 is 0 Å². The Hall–Kier alpha value is -2.86. The molecule has 1 N–H and O–H groups in total. The number of carbonyl (C=O) groups excluding carboxylic acids is 1. The van der Waals surface area contributed by atoms with Crippen LogP contribution >= 0.6 is 12.2 Å². The molecule has 2 aromatic rings. The van der Waals surface area contributed by atoms with Gasteiger partial charge < -0.3 is 19.7 Å². The molecule has 0 saturated carbocycles. The SMILES string of the molecule is COc1cc(C2NC(=S)N(C)C3=C2C(=O)CCC3)ccc1OCc1ccc(C)cc1. The fourth-order valence-corrected chi connectivity index (χ4v) is 4.24. The molecule has 2 aliphatic rings. The van der Waals surface area contributed by atoms with Crippen molar-refractivity contribution < 1.29 is 14.3 Å². The Morgan fingerprint density at radius 1 is 1.13 bits per heavy atom. The van der Waals surface area contributed by atoms with E-state index in [1.165, 1.54) is 5.56 Å². The van der Waals surface area contributed by atoms with E-state index < -0.39 is 0 Å². The number of nitrogens with one attached hydrogen (secondary N) is 1. The summed E-state index contributed by atoms with van der Waals surface area (Å²) in [5, 5.41) is 3.96. The molecule has 0 amide bonds. The Labute approximate surface area is 182 Å². The Morgan fingerprint density at radius 3 is 2.63 bits per heavy atom. The summed E-state index contributed by atoms with van der Waals surface area (Å²) in [5.74, 6) is 1.49. The summed E-state index contributed by atoms with van der Waals surface area (Å²) in [6.07, 6.45) is 2.31. The van der Waals surface area contributed by atoms with E-state index in [1.54, 1.807) is 7.11 Å². The fourth-order valence-electron chi connectivity index (χ4n) is 4.02. The van der Waals surface area contributed by atoms with Crippen LogP contribution in [0.5, 0.6) is 11.5 Å². The molecule has 1 unspecified atom stereocenters. The third kappa shape index (κ3) is 3.92. The molecule has 156 valence electrons. The molecule has 0 aromatic heterocycles. The predicted octanol–water partition coefficient (Wildman–Crippen LogP) is 4.45. The van der Waals surface area contributed by atoms with Crippen molar-refractivity contribution >= 4 is 23.1 Å². The average Bonchev–Trinajstić information content (AvgIpc) is 2.76. The molecule has 4 rings (SSSR count). The maximum Gasteiger partial charge on any atom is 0.173 e. The van der Waals surface area contributed by atoms with E-state index in [9.17, 15) is 4.79 Å². The van der Waals surface area contributed by atoms with Crippen LogP contribution in [0.4, 0.5) is 0 Å². The van der Waals surface area contributed by atoms with Crippen molar-refractivity contribution in [1.82, 2.24) is 10.2 Å². The second kappa shape index (κ2) is 8.48. The van der Waals surface area contributed by atoms with Gasteiger partial charge in [-0.3, -0.25) is 4.79 Å². The lowest BCUT2D eigenvalue weighted by Crippen LogP contribution is -2.47. The molecule has 2 aromatic carbocycles. The maximum absolute atomic E-state index is 12.7. The Kier molecular flexibility index (Phi) is 5.77. The van der Waals surface area contributed by atoms with Gasteiger partial charge in [0.25, 0.3) is 0 Å². The molecule has 30 heavy (non-hydrogen) atoms. The van der Waals surface area contributed by atoms with E-state index in [-0.39, 0.29) is 11.8 Å². The first kappa shape index (κ1) is 20.4. The first-order chi connectivity index (χ1) is 14.5. The molecule has 0 radical (unpaired) electrons. The molecular formula is C24H26N2O3S. The number of rotatable bonds is 5. The van der Waals surface area contributed by atoms with Gasteiger partial charge in [-0.05, 0) is 55.2 Å². The number of Topliss-reactive ketones (excluding diaryl/α,β-unsaturated/α-hetero) is 1.